The fourth-order valence-electron chi connectivity index (χ4n) is 1.87. The minimum atomic E-state index is 0.468. The fourth-order valence-corrected chi connectivity index (χ4v) is 2.36. The lowest BCUT2D eigenvalue weighted by Crippen LogP contribution is -1.92. The van der Waals surface area contributed by atoms with Crippen molar-refractivity contribution in [1.29, 1.82) is 0 Å². The SMILES string of the molecule is Cn1cnc2c(Oc3cc(N)cc(Br)c3)nccc21. The molecule has 0 spiro atoms. The molecule has 0 radical (unpaired) electrons. The molecule has 1 aromatic carbocycles. The number of nitrogens with zero attached hydrogens (tertiary/aromatic N) is 3. The summed E-state index contributed by atoms with van der Waals surface area (Å²) >= 11 is 3.38. The highest BCUT2D eigenvalue weighted by molar-refractivity contribution is 9.10. The lowest BCUT2D eigenvalue weighted by Gasteiger charge is -2.06. The third-order valence-corrected chi connectivity index (χ3v) is 3.18. The maximum Gasteiger partial charge on any atom is 0.247 e. The van der Waals surface area contributed by atoms with Gasteiger partial charge in [-0.15, -0.1) is 0 Å². The minimum Gasteiger partial charge on any atom is -0.437 e. The molecule has 2 aromatic heterocycles. The van der Waals surface area contributed by atoms with E-state index in [1.165, 1.54) is 0 Å². The molecular formula is C13H11BrN4O. The zero-order valence-electron chi connectivity index (χ0n) is 10.2. The van der Waals surface area contributed by atoms with Crippen LogP contribution in [0.4, 0.5) is 5.69 Å². The number of fused-ring (bicyclic) bond motifs is 1. The molecule has 0 aliphatic carbocycles. The molecule has 2 heterocycles. The van der Waals surface area contributed by atoms with Crippen LogP contribution in [-0.4, -0.2) is 14.5 Å². The number of hydrogen-bond donors (Lipinski definition) is 1. The van der Waals surface area contributed by atoms with E-state index in [0.717, 1.165) is 15.5 Å². The summed E-state index contributed by atoms with van der Waals surface area (Å²) in [6, 6.07) is 7.28. The Labute approximate surface area is 118 Å². The Kier molecular flexibility index (Phi) is 2.87. The van der Waals surface area contributed by atoms with Gasteiger partial charge in [-0.3, -0.25) is 0 Å². The number of anilines is 1. The normalized spacial score (nSPS) is 10.8. The van der Waals surface area contributed by atoms with E-state index in [0.29, 0.717) is 17.3 Å². The van der Waals surface area contributed by atoms with Crippen LogP contribution in [-0.2, 0) is 7.05 Å². The van der Waals surface area contributed by atoms with Gasteiger partial charge in [0.25, 0.3) is 0 Å². The Morgan fingerprint density at radius 1 is 1.26 bits per heavy atom. The molecule has 0 bridgehead atoms. The van der Waals surface area contributed by atoms with Crippen molar-refractivity contribution < 1.29 is 4.74 Å². The van der Waals surface area contributed by atoms with E-state index in [-0.39, 0.29) is 0 Å². The quantitative estimate of drug-likeness (QED) is 0.737. The average molecular weight is 319 g/mol. The van der Waals surface area contributed by atoms with Crippen LogP contribution < -0.4 is 10.5 Å². The smallest absolute Gasteiger partial charge is 0.247 e. The molecule has 0 saturated heterocycles. The van der Waals surface area contributed by atoms with Gasteiger partial charge in [0.1, 0.15) is 5.75 Å². The molecule has 0 saturated carbocycles. The van der Waals surface area contributed by atoms with Gasteiger partial charge in [-0.05, 0) is 18.2 Å². The first-order chi connectivity index (χ1) is 9.13. The summed E-state index contributed by atoms with van der Waals surface area (Å²) in [6.45, 7) is 0. The molecule has 2 N–H and O–H groups in total. The fraction of sp³-hybridized carbons (Fsp3) is 0.0769. The van der Waals surface area contributed by atoms with Gasteiger partial charge >= 0.3 is 0 Å². The molecule has 0 fully saturated rings. The summed E-state index contributed by atoms with van der Waals surface area (Å²) < 4.78 is 8.54. The summed E-state index contributed by atoms with van der Waals surface area (Å²) in [6.07, 6.45) is 3.43. The monoisotopic (exact) mass is 318 g/mol. The second-order valence-corrected chi connectivity index (χ2v) is 5.08. The van der Waals surface area contributed by atoms with Crippen LogP contribution in [0.5, 0.6) is 11.6 Å². The lowest BCUT2D eigenvalue weighted by molar-refractivity contribution is 0.468. The maximum atomic E-state index is 5.78. The number of pyridine rings is 1. The molecule has 5 nitrogen and oxygen atoms in total. The van der Waals surface area contributed by atoms with Crippen molar-refractivity contribution in [2.24, 2.45) is 7.05 Å². The molecule has 96 valence electrons. The largest absolute Gasteiger partial charge is 0.437 e. The molecule has 0 aliphatic heterocycles. The van der Waals surface area contributed by atoms with Crippen LogP contribution in [0, 0.1) is 0 Å². The van der Waals surface area contributed by atoms with Crippen LogP contribution in [0.3, 0.4) is 0 Å². The number of ether oxygens (including phenoxy) is 1. The van der Waals surface area contributed by atoms with Crippen molar-refractivity contribution >= 4 is 32.7 Å². The van der Waals surface area contributed by atoms with Crippen LogP contribution in [0.2, 0.25) is 0 Å². The van der Waals surface area contributed by atoms with E-state index >= 15 is 0 Å². The summed E-state index contributed by atoms with van der Waals surface area (Å²) in [5.41, 5.74) is 8.09. The van der Waals surface area contributed by atoms with Crippen molar-refractivity contribution in [3.63, 3.8) is 0 Å². The molecule has 0 unspecified atom stereocenters. The second-order valence-electron chi connectivity index (χ2n) is 4.16. The lowest BCUT2D eigenvalue weighted by atomic mass is 10.3. The van der Waals surface area contributed by atoms with E-state index < -0.39 is 0 Å². The number of aryl methyl sites for hydroxylation is 1. The molecule has 3 rings (SSSR count). The van der Waals surface area contributed by atoms with Gasteiger partial charge in [-0.2, -0.15) is 0 Å². The number of benzene rings is 1. The summed E-state index contributed by atoms with van der Waals surface area (Å²) in [5.74, 6) is 1.09. The Balaban J connectivity index is 2.05. The molecule has 19 heavy (non-hydrogen) atoms. The third-order valence-electron chi connectivity index (χ3n) is 2.72. The van der Waals surface area contributed by atoms with Crippen LogP contribution >= 0.6 is 15.9 Å². The highest BCUT2D eigenvalue weighted by atomic mass is 79.9. The maximum absolute atomic E-state index is 5.78. The predicted molar refractivity (Wildman–Crippen MR) is 77.1 cm³/mol. The highest BCUT2D eigenvalue weighted by Gasteiger charge is 2.09. The minimum absolute atomic E-state index is 0.468. The molecule has 3 aromatic rings. The van der Waals surface area contributed by atoms with Gasteiger partial charge < -0.3 is 15.0 Å². The topological polar surface area (TPSA) is 66.0 Å². The number of halogens is 1. The summed E-state index contributed by atoms with van der Waals surface area (Å²) in [5, 5.41) is 0. The second kappa shape index (κ2) is 4.55. The van der Waals surface area contributed by atoms with Gasteiger partial charge in [0.2, 0.25) is 5.88 Å². The van der Waals surface area contributed by atoms with Crippen LogP contribution in [0.1, 0.15) is 0 Å². The zero-order valence-corrected chi connectivity index (χ0v) is 11.8. The Morgan fingerprint density at radius 2 is 2.11 bits per heavy atom. The van der Waals surface area contributed by atoms with Gasteiger partial charge in [0.05, 0.1) is 11.8 Å². The van der Waals surface area contributed by atoms with E-state index in [2.05, 4.69) is 25.9 Å². The molecule has 6 heteroatoms. The van der Waals surface area contributed by atoms with Crippen LogP contribution in [0.25, 0.3) is 11.0 Å². The Morgan fingerprint density at radius 3 is 2.89 bits per heavy atom. The van der Waals surface area contributed by atoms with Crippen LogP contribution in [0.15, 0.2) is 41.3 Å². The number of rotatable bonds is 2. The number of aromatic nitrogens is 3. The Bertz CT molecular complexity index is 733. The number of nitrogens with two attached hydrogens (primary N) is 1. The summed E-state index contributed by atoms with van der Waals surface area (Å²) in [4.78, 5) is 8.51. The standard InChI is InChI=1S/C13H11BrN4O/c1-18-7-17-12-11(18)2-3-16-13(12)19-10-5-8(14)4-9(15)6-10/h2-7H,15H2,1H3. The van der Waals surface area contributed by atoms with Gasteiger partial charge in [-0.25, -0.2) is 9.97 Å². The Hall–Kier alpha value is -2.08. The first-order valence-corrected chi connectivity index (χ1v) is 6.43. The number of imidazole rings is 1. The molecule has 0 amide bonds. The van der Waals surface area contributed by atoms with E-state index in [4.69, 9.17) is 10.5 Å². The van der Waals surface area contributed by atoms with Gasteiger partial charge in [-0.1, -0.05) is 15.9 Å². The van der Waals surface area contributed by atoms with Crippen molar-refractivity contribution in [1.82, 2.24) is 14.5 Å². The molecular weight excluding hydrogens is 308 g/mol. The first-order valence-electron chi connectivity index (χ1n) is 5.63. The first kappa shape index (κ1) is 12.0. The van der Waals surface area contributed by atoms with E-state index in [1.54, 1.807) is 18.6 Å². The highest BCUT2D eigenvalue weighted by Crippen LogP contribution is 2.29. The van der Waals surface area contributed by atoms with Crippen molar-refractivity contribution in [3.8, 4) is 11.6 Å². The van der Waals surface area contributed by atoms with E-state index in [9.17, 15) is 0 Å². The average Bonchev–Trinajstić information content (AvgIpc) is 2.71. The number of nitrogen functional groups attached to an aromatic ring is 1. The summed E-state index contributed by atoms with van der Waals surface area (Å²) in [7, 11) is 1.93. The molecule has 0 atom stereocenters. The zero-order chi connectivity index (χ0) is 13.4. The van der Waals surface area contributed by atoms with Crippen molar-refractivity contribution in [2.45, 2.75) is 0 Å². The van der Waals surface area contributed by atoms with Gasteiger partial charge in [0.15, 0.2) is 5.52 Å². The third kappa shape index (κ3) is 2.26. The van der Waals surface area contributed by atoms with Crippen molar-refractivity contribution in [2.75, 3.05) is 5.73 Å². The van der Waals surface area contributed by atoms with Gasteiger partial charge in [0, 0.05) is 29.5 Å². The van der Waals surface area contributed by atoms with E-state index in [1.807, 2.05) is 29.8 Å². The van der Waals surface area contributed by atoms with Crippen molar-refractivity contribution in [3.05, 3.63) is 41.3 Å². The predicted octanol–water partition coefficient (Wildman–Crippen LogP) is 3.11. The molecule has 0 aliphatic rings. The number of hydrogen-bond acceptors (Lipinski definition) is 4.